The molecule has 0 aliphatic carbocycles. The maximum atomic E-state index is 4.38. The molecule has 0 aromatic carbocycles. The smallest absolute Gasteiger partial charge is 0.191 e. The predicted octanol–water partition coefficient (Wildman–Crippen LogP) is 3.25. The first-order chi connectivity index (χ1) is 11.1. The first kappa shape index (κ1) is 21.6. The zero-order chi connectivity index (χ0) is 16.7. The number of aliphatic imine (C=N–C) groups is 1. The second-order valence-electron chi connectivity index (χ2n) is 6.70. The topological polar surface area (TPSA) is 52.6 Å². The van der Waals surface area contributed by atoms with E-state index >= 15 is 0 Å². The summed E-state index contributed by atoms with van der Waals surface area (Å²) < 4.78 is 0. The molecule has 1 saturated heterocycles. The number of likely N-dealkylation sites (tertiary alicyclic amines) is 1. The van der Waals surface area contributed by atoms with Gasteiger partial charge in [-0.15, -0.1) is 35.3 Å². The lowest BCUT2D eigenvalue weighted by Gasteiger charge is -2.29. The van der Waals surface area contributed by atoms with Crippen LogP contribution in [0, 0.1) is 12.8 Å². The molecule has 2 N–H and O–H groups in total. The van der Waals surface area contributed by atoms with Gasteiger partial charge < -0.3 is 10.6 Å². The van der Waals surface area contributed by atoms with Gasteiger partial charge in [-0.3, -0.25) is 9.89 Å². The minimum atomic E-state index is 0. The molecule has 5 nitrogen and oxygen atoms in total. The third-order valence-electron chi connectivity index (χ3n) is 4.21. The highest BCUT2D eigenvalue weighted by atomic mass is 127. The molecule has 1 aliphatic heterocycles. The summed E-state index contributed by atoms with van der Waals surface area (Å²) in [5.41, 5.74) is 0. The van der Waals surface area contributed by atoms with Gasteiger partial charge in [-0.25, -0.2) is 4.98 Å². The molecule has 1 fully saturated rings. The Morgan fingerprint density at radius 2 is 2.04 bits per heavy atom. The molecule has 1 aliphatic rings. The number of aromatic nitrogens is 1. The molecule has 1 aromatic heterocycles. The predicted molar refractivity (Wildman–Crippen MR) is 115 cm³/mol. The normalized spacial score (nSPS) is 17.0. The van der Waals surface area contributed by atoms with Crippen LogP contribution in [-0.2, 0) is 6.54 Å². The van der Waals surface area contributed by atoms with E-state index in [2.05, 4.69) is 46.3 Å². The Kier molecular flexibility index (Phi) is 10.1. The van der Waals surface area contributed by atoms with Crippen LogP contribution in [-0.4, -0.2) is 48.6 Å². The second kappa shape index (κ2) is 11.3. The molecule has 0 amide bonds. The van der Waals surface area contributed by atoms with Crippen LogP contribution in [0.4, 0.5) is 0 Å². The van der Waals surface area contributed by atoms with E-state index in [9.17, 15) is 0 Å². The first-order valence-corrected chi connectivity index (χ1v) is 9.50. The molecular weight excluding hydrogens is 433 g/mol. The summed E-state index contributed by atoms with van der Waals surface area (Å²) in [6.45, 7) is 10.9. The summed E-state index contributed by atoms with van der Waals surface area (Å²) in [4.78, 5) is 12.6. The molecule has 1 atom stereocenters. The van der Waals surface area contributed by atoms with Crippen LogP contribution in [0.3, 0.4) is 0 Å². The van der Waals surface area contributed by atoms with Crippen LogP contribution >= 0.6 is 35.3 Å². The van der Waals surface area contributed by atoms with E-state index in [-0.39, 0.29) is 24.0 Å². The van der Waals surface area contributed by atoms with E-state index in [0.29, 0.717) is 6.04 Å². The molecule has 2 rings (SSSR count). The third-order valence-corrected chi connectivity index (χ3v) is 5.12. The fourth-order valence-electron chi connectivity index (χ4n) is 3.09. The average molecular weight is 465 g/mol. The molecular formula is C17H32IN5S. The maximum Gasteiger partial charge on any atom is 0.191 e. The number of nitrogens with one attached hydrogen (secondary N) is 2. The van der Waals surface area contributed by atoms with Crippen molar-refractivity contribution in [2.75, 3.05) is 26.7 Å². The number of halogens is 1. The largest absolute Gasteiger partial charge is 0.355 e. The zero-order valence-electron chi connectivity index (χ0n) is 15.3. The van der Waals surface area contributed by atoms with E-state index in [1.807, 2.05) is 13.2 Å². The van der Waals surface area contributed by atoms with E-state index in [1.54, 1.807) is 11.3 Å². The fourth-order valence-corrected chi connectivity index (χ4v) is 3.82. The summed E-state index contributed by atoms with van der Waals surface area (Å²) >= 11 is 1.73. The molecule has 7 heteroatoms. The average Bonchev–Trinajstić information content (AvgIpc) is 3.17. The molecule has 138 valence electrons. The van der Waals surface area contributed by atoms with Crippen molar-refractivity contribution in [1.82, 2.24) is 20.5 Å². The van der Waals surface area contributed by atoms with Crippen LogP contribution in [0.5, 0.6) is 0 Å². The first-order valence-electron chi connectivity index (χ1n) is 8.68. The molecule has 0 radical (unpaired) electrons. The highest BCUT2D eigenvalue weighted by molar-refractivity contribution is 14.0. The van der Waals surface area contributed by atoms with Gasteiger partial charge in [-0.2, -0.15) is 0 Å². The molecule has 1 unspecified atom stereocenters. The summed E-state index contributed by atoms with van der Waals surface area (Å²) in [6, 6.07) is 0.596. The van der Waals surface area contributed by atoms with Crippen LogP contribution in [0.1, 0.15) is 43.0 Å². The summed E-state index contributed by atoms with van der Waals surface area (Å²) in [5, 5.41) is 7.97. The lowest BCUT2D eigenvalue weighted by Crippen LogP contribution is -2.46. The van der Waals surface area contributed by atoms with Gasteiger partial charge in [-0.1, -0.05) is 13.8 Å². The van der Waals surface area contributed by atoms with Crippen molar-refractivity contribution in [3.63, 3.8) is 0 Å². The Morgan fingerprint density at radius 1 is 1.33 bits per heavy atom. The lowest BCUT2D eigenvalue weighted by molar-refractivity contribution is 0.213. The minimum Gasteiger partial charge on any atom is -0.355 e. The molecule has 0 bridgehead atoms. The Hall–Kier alpha value is -0.410. The Labute approximate surface area is 167 Å². The van der Waals surface area contributed by atoms with Crippen LogP contribution < -0.4 is 10.6 Å². The van der Waals surface area contributed by atoms with Crippen molar-refractivity contribution in [3.8, 4) is 0 Å². The van der Waals surface area contributed by atoms with Crippen molar-refractivity contribution >= 4 is 41.3 Å². The highest BCUT2D eigenvalue weighted by Crippen LogP contribution is 2.17. The van der Waals surface area contributed by atoms with Crippen LogP contribution in [0.25, 0.3) is 0 Å². The summed E-state index contributed by atoms with van der Waals surface area (Å²) in [7, 11) is 1.83. The van der Waals surface area contributed by atoms with E-state index < -0.39 is 0 Å². The molecule has 24 heavy (non-hydrogen) atoms. The van der Waals surface area contributed by atoms with E-state index in [1.165, 1.54) is 37.2 Å². The van der Waals surface area contributed by atoms with Gasteiger partial charge in [0, 0.05) is 30.7 Å². The van der Waals surface area contributed by atoms with Gasteiger partial charge in [0.2, 0.25) is 0 Å². The number of aryl methyl sites for hydroxylation is 1. The maximum absolute atomic E-state index is 4.38. The summed E-state index contributed by atoms with van der Waals surface area (Å²) in [6.07, 6.45) is 5.83. The van der Waals surface area contributed by atoms with Gasteiger partial charge in [-0.05, 0) is 45.2 Å². The standard InChI is InChI=1S/C17H31N5S.HI/c1-13(2)9-15(22-7-5-6-8-22)11-20-17(18-4)21-12-16-19-10-14(3)23-16;/h10,13,15H,5-9,11-12H2,1-4H3,(H2,18,20,21);1H. The summed E-state index contributed by atoms with van der Waals surface area (Å²) in [5.74, 6) is 1.58. The van der Waals surface area contributed by atoms with Crippen molar-refractivity contribution in [3.05, 3.63) is 16.1 Å². The quantitative estimate of drug-likeness (QED) is 0.369. The highest BCUT2D eigenvalue weighted by Gasteiger charge is 2.22. The number of hydrogen-bond donors (Lipinski definition) is 2. The Morgan fingerprint density at radius 3 is 2.58 bits per heavy atom. The van der Waals surface area contributed by atoms with E-state index in [4.69, 9.17) is 0 Å². The van der Waals surface area contributed by atoms with Crippen molar-refractivity contribution < 1.29 is 0 Å². The van der Waals surface area contributed by atoms with E-state index in [0.717, 1.165) is 30.0 Å². The molecule has 0 spiro atoms. The number of hydrogen-bond acceptors (Lipinski definition) is 4. The number of thiazole rings is 1. The number of rotatable bonds is 7. The zero-order valence-corrected chi connectivity index (χ0v) is 18.5. The lowest BCUT2D eigenvalue weighted by atomic mass is 10.0. The van der Waals surface area contributed by atoms with Crippen LogP contribution in [0.15, 0.2) is 11.2 Å². The fraction of sp³-hybridized carbons (Fsp3) is 0.765. The van der Waals surface area contributed by atoms with Gasteiger partial charge in [0.1, 0.15) is 5.01 Å². The van der Waals surface area contributed by atoms with Gasteiger partial charge >= 0.3 is 0 Å². The van der Waals surface area contributed by atoms with Crippen molar-refractivity contribution in [1.29, 1.82) is 0 Å². The molecule has 2 heterocycles. The van der Waals surface area contributed by atoms with Gasteiger partial charge in [0.05, 0.1) is 6.54 Å². The second-order valence-corrected chi connectivity index (χ2v) is 8.02. The Balaban J connectivity index is 0.00000288. The van der Waals surface area contributed by atoms with Gasteiger partial charge in [0.25, 0.3) is 0 Å². The van der Waals surface area contributed by atoms with Gasteiger partial charge in [0.15, 0.2) is 5.96 Å². The SMILES string of the molecule is CN=C(NCc1ncc(C)s1)NCC(CC(C)C)N1CCCC1.I. The minimum absolute atomic E-state index is 0. The number of nitrogens with zero attached hydrogens (tertiary/aromatic N) is 3. The molecule has 1 aromatic rings. The number of guanidine groups is 1. The van der Waals surface area contributed by atoms with Crippen LogP contribution in [0.2, 0.25) is 0 Å². The molecule has 0 saturated carbocycles. The monoisotopic (exact) mass is 465 g/mol. The third kappa shape index (κ3) is 7.23. The van der Waals surface area contributed by atoms with Crippen molar-refractivity contribution in [2.45, 2.75) is 52.6 Å². The Bertz CT molecular complexity index is 497. The van der Waals surface area contributed by atoms with Crippen molar-refractivity contribution in [2.24, 2.45) is 10.9 Å².